The predicted molar refractivity (Wildman–Crippen MR) is 81.0 cm³/mol. The van der Waals surface area contributed by atoms with Gasteiger partial charge in [0.1, 0.15) is 5.02 Å². The van der Waals surface area contributed by atoms with Gasteiger partial charge in [-0.1, -0.05) is 23.7 Å². The van der Waals surface area contributed by atoms with Gasteiger partial charge in [0.15, 0.2) is 5.82 Å². The van der Waals surface area contributed by atoms with Crippen LogP contribution in [0.1, 0.15) is 5.56 Å². The van der Waals surface area contributed by atoms with E-state index in [4.69, 9.17) is 23.1 Å². The Hall–Kier alpha value is -2.54. The molecule has 0 saturated carbocycles. The topological polar surface area (TPSA) is 118 Å². The standard InChI is InChI=1S/C13H14ClN5O2/c14-11-12(17-7-18-13(11)21)19(6-10(16)20)5-8-2-1-3-9(15)4-8/h1-4,7H,5-6,15H2,(H2,16,20)(H,17,18,21). The number of halogens is 1. The van der Waals surface area contributed by atoms with E-state index >= 15 is 0 Å². The molecule has 0 atom stereocenters. The van der Waals surface area contributed by atoms with Gasteiger partial charge in [-0.25, -0.2) is 4.98 Å². The van der Waals surface area contributed by atoms with Gasteiger partial charge in [0.2, 0.25) is 5.91 Å². The Morgan fingerprint density at radius 2 is 2.19 bits per heavy atom. The highest BCUT2D eigenvalue weighted by molar-refractivity contribution is 6.32. The monoisotopic (exact) mass is 307 g/mol. The number of benzene rings is 1. The van der Waals surface area contributed by atoms with Gasteiger partial charge in [0, 0.05) is 12.2 Å². The van der Waals surface area contributed by atoms with Crippen molar-refractivity contribution in [1.82, 2.24) is 9.97 Å². The Kier molecular flexibility index (Phi) is 4.44. The number of aromatic nitrogens is 2. The third-order valence-corrected chi connectivity index (χ3v) is 3.09. The van der Waals surface area contributed by atoms with Gasteiger partial charge in [-0.15, -0.1) is 0 Å². The number of hydrogen-bond acceptors (Lipinski definition) is 5. The maximum absolute atomic E-state index is 11.5. The lowest BCUT2D eigenvalue weighted by molar-refractivity contribution is -0.116. The highest BCUT2D eigenvalue weighted by atomic mass is 35.5. The summed E-state index contributed by atoms with van der Waals surface area (Å²) in [6, 6.07) is 7.14. The number of nitrogen functional groups attached to an aromatic ring is 1. The second-order valence-corrected chi connectivity index (χ2v) is 4.81. The molecule has 0 aliphatic rings. The number of nitrogens with two attached hydrogens (primary N) is 2. The predicted octanol–water partition coefficient (Wildman–Crippen LogP) is 0.497. The number of carbonyl (C=O) groups excluding carboxylic acids is 1. The number of nitrogens with one attached hydrogen (secondary N) is 1. The molecule has 0 unspecified atom stereocenters. The van der Waals surface area contributed by atoms with Crippen molar-refractivity contribution in [2.24, 2.45) is 5.73 Å². The fraction of sp³-hybridized carbons (Fsp3) is 0.154. The zero-order valence-corrected chi connectivity index (χ0v) is 11.8. The molecule has 21 heavy (non-hydrogen) atoms. The minimum absolute atomic E-state index is 0.0948. The van der Waals surface area contributed by atoms with E-state index in [0.29, 0.717) is 12.2 Å². The van der Waals surface area contributed by atoms with Gasteiger partial charge in [0.25, 0.3) is 5.56 Å². The molecule has 110 valence electrons. The quantitative estimate of drug-likeness (QED) is 0.695. The van der Waals surface area contributed by atoms with E-state index in [2.05, 4.69) is 9.97 Å². The molecule has 1 amide bonds. The summed E-state index contributed by atoms with van der Waals surface area (Å²) in [4.78, 5) is 30.7. The Bertz CT molecular complexity index is 716. The molecule has 0 spiro atoms. The molecule has 7 nitrogen and oxygen atoms in total. The molecule has 0 aliphatic heterocycles. The average Bonchev–Trinajstić information content (AvgIpc) is 2.41. The Morgan fingerprint density at radius 1 is 1.43 bits per heavy atom. The summed E-state index contributed by atoms with van der Waals surface area (Å²) in [6.45, 7) is 0.176. The SMILES string of the molecule is NC(=O)CN(Cc1cccc(N)c1)c1nc[nH]c(=O)c1Cl. The molecule has 0 saturated heterocycles. The number of hydrogen-bond donors (Lipinski definition) is 3. The van der Waals surface area contributed by atoms with Crippen molar-refractivity contribution in [2.75, 3.05) is 17.2 Å². The van der Waals surface area contributed by atoms with Crippen molar-refractivity contribution in [3.8, 4) is 0 Å². The Morgan fingerprint density at radius 3 is 2.86 bits per heavy atom. The van der Waals surface area contributed by atoms with E-state index in [0.717, 1.165) is 5.56 Å². The third kappa shape index (κ3) is 3.73. The van der Waals surface area contributed by atoms with E-state index < -0.39 is 11.5 Å². The van der Waals surface area contributed by atoms with Gasteiger partial charge in [0.05, 0.1) is 12.9 Å². The lowest BCUT2D eigenvalue weighted by Crippen LogP contribution is -2.35. The van der Waals surface area contributed by atoms with E-state index in [9.17, 15) is 9.59 Å². The second kappa shape index (κ2) is 6.27. The minimum Gasteiger partial charge on any atom is -0.399 e. The van der Waals surface area contributed by atoms with Gasteiger partial charge >= 0.3 is 0 Å². The zero-order valence-electron chi connectivity index (χ0n) is 11.0. The smallest absolute Gasteiger partial charge is 0.271 e. The summed E-state index contributed by atoms with van der Waals surface area (Å²) in [5.41, 5.74) is 11.9. The molecule has 5 N–H and O–H groups in total. The zero-order chi connectivity index (χ0) is 15.4. The molecule has 1 aromatic carbocycles. The molecule has 0 radical (unpaired) electrons. The molecule has 1 heterocycles. The van der Waals surface area contributed by atoms with Crippen LogP contribution in [-0.4, -0.2) is 22.4 Å². The first-order valence-electron chi connectivity index (χ1n) is 6.08. The van der Waals surface area contributed by atoms with Crippen LogP contribution in [0.4, 0.5) is 11.5 Å². The van der Waals surface area contributed by atoms with Crippen LogP contribution in [0, 0.1) is 0 Å². The average molecular weight is 308 g/mol. The summed E-state index contributed by atoms with van der Waals surface area (Å²) in [7, 11) is 0. The van der Waals surface area contributed by atoms with Crippen molar-refractivity contribution in [3.63, 3.8) is 0 Å². The molecule has 2 aromatic rings. The van der Waals surface area contributed by atoms with Crippen LogP contribution in [0.3, 0.4) is 0 Å². The molecule has 2 rings (SSSR count). The fourth-order valence-electron chi connectivity index (χ4n) is 1.90. The van der Waals surface area contributed by atoms with Crippen LogP contribution in [-0.2, 0) is 11.3 Å². The van der Waals surface area contributed by atoms with E-state index in [-0.39, 0.29) is 17.4 Å². The van der Waals surface area contributed by atoms with Crippen molar-refractivity contribution < 1.29 is 4.79 Å². The van der Waals surface area contributed by atoms with Crippen molar-refractivity contribution in [3.05, 3.63) is 51.5 Å². The van der Waals surface area contributed by atoms with Gasteiger partial charge < -0.3 is 21.4 Å². The van der Waals surface area contributed by atoms with Crippen LogP contribution in [0.5, 0.6) is 0 Å². The second-order valence-electron chi connectivity index (χ2n) is 4.44. The lowest BCUT2D eigenvalue weighted by Gasteiger charge is -2.22. The Balaban J connectivity index is 2.36. The molecule has 8 heteroatoms. The number of amides is 1. The number of nitrogens with zero attached hydrogens (tertiary/aromatic N) is 2. The molecule has 1 aromatic heterocycles. The van der Waals surface area contributed by atoms with Gasteiger partial charge in [-0.3, -0.25) is 9.59 Å². The van der Waals surface area contributed by atoms with Crippen molar-refractivity contribution in [1.29, 1.82) is 0 Å². The van der Waals surface area contributed by atoms with Crippen LogP contribution < -0.4 is 21.9 Å². The summed E-state index contributed by atoms with van der Waals surface area (Å²) >= 11 is 5.94. The van der Waals surface area contributed by atoms with Crippen molar-refractivity contribution >= 4 is 29.0 Å². The van der Waals surface area contributed by atoms with Crippen LogP contribution >= 0.6 is 11.6 Å². The summed E-state index contributed by atoms with van der Waals surface area (Å²) < 4.78 is 0. The van der Waals surface area contributed by atoms with Crippen LogP contribution in [0.25, 0.3) is 0 Å². The number of anilines is 2. The molecule has 0 fully saturated rings. The maximum atomic E-state index is 11.5. The van der Waals surface area contributed by atoms with Gasteiger partial charge in [-0.05, 0) is 17.7 Å². The number of aromatic amines is 1. The third-order valence-electron chi connectivity index (χ3n) is 2.75. The number of primary amides is 1. The minimum atomic E-state index is -0.558. The molecular weight excluding hydrogens is 294 g/mol. The first kappa shape index (κ1) is 14.9. The van der Waals surface area contributed by atoms with Crippen molar-refractivity contribution in [2.45, 2.75) is 6.54 Å². The van der Waals surface area contributed by atoms with E-state index in [1.165, 1.54) is 11.2 Å². The highest BCUT2D eigenvalue weighted by Gasteiger charge is 2.17. The van der Waals surface area contributed by atoms with Gasteiger partial charge in [-0.2, -0.15) is 0 Å². The normalized spacial score (nSPS) is 10.3. The van der Waals surface area contributed by atoms with Crippen LogP contribution in [0.2, 0.25) is 5.02 Å². The summed E-state index contributed by atoms with van der Waals surface area (Å²) in [5, 5.41) is -0.0948. The maximum Gasteiger partial charge on any atom is 0.271 e. The number of H-pyrrole nitrogens is 1. The highest BCUT2D eigenvalue weighted by Crippen LogP contribution is 2.21. The summed E-state index contributed by atoms with van der Waals surface area (Å²) in [6.07, 6.45) is 1.22. The summed E-state index contributed by atoms with van der Waals surface area (Å²) in [5.74, 6) is -0.362. The van der Waals surface area contributed by atoms with Crippen LogP contribution in [0.15, 0.2) is 35.4 Å². The lowest BCUT2D eigenvalue weighted by atomic mass is 10.2. The first-order valence-corrected chi connectivity index (χ1v) is 6.46. The van der Waals surface area contributed by atoms with E-state index in [1.54, 1.807) is 18.2 Å². The first-order chi connectivity index (χ1) is 9.97. The largest absolute Gasteiger partial charge is 0.399 e. The molecule has 0 bridgehead atoms. The fourth-order valence-corrected chi connectivity index (χ4v) is 2.12. The number of rotatable bonds is 5. The Labute approximate surface area is 125 Å². The number of carbonyl (C=O) groups is 1. The molecule has 0 aliphatic carbocycles. The molecular formula is C13H14ClN5O2. The van der Waals surface area contributed by atoms with E-state index in [1.807, 2.05) is 6.07 Å².